The van der Waals surface area contributed by atoms with Crippen LogP contribution in [0.4, 0.5) is 11.4 Å². The van der Waals surface area contributed by atoms with E-state index < -0.39 is 25.5 Å². The van der Waals surface area contributed by atoms with Crippen molar-refractivity contribution < 1.29 is 13.3 Å². The van der Waals surface area contributed by atoms with Gasteiger partial charge in [0.1, 0.15) is 5.69 Å². The van der Waals surface area contributed by atoms with E-state index in [2.05, 4.69) is 17.1 Å². The first kappa shape index (κ1) is 17.3. The summed E-state index contributed by atoms with van der Waals surface area (Å²) in [4.78, 5) is 9.93. The summed E-state index contributed by atoms with van der Waals surface area (Å²) in [6, 6.07) is 3.93. The number of para-hydroxylation sites is 1. The minimum atomic E-state index is -3.94. The zero-order valence-electron chi connectivity index (χ0n) is 11.8. The van der Waals surface area contributed by atoms with Gasteiger partial charge in [0.05, 0.1) is 4.92 Å². The molecule has 0 aliphatic heterocycles. The zero-order valence-corrected chi connectivity index (χ0v) is 12.6. The van der Waals surface area contributed by atoms with Gasteiger partial charge < -0.3 is 5.43 Å². The van der Waals surface area contributed by atoms with Crippen molar-refractivity contribution in [3.8, 4) is 0 Å². The molecule has 4 N–H and O–H groups in total. The molecule has 0 unspecified atom stereocenters. The number of hydrazine groups is 1. The summed E-state index contributed by atoms with van der Waals surface area (Å²) in [6.45, 7) is 2.30. The lowest BCUT2D eigenvalue weighted by Gasteiger charge is -2.09. The number of sulfonamides is 1. The average Bonchev–Trinajstić information content (AvgIpc) is 2.46. The summed E-state index contributed by atoms with van der Waals surface area (Å²) in [6.07, 6.45) is 3.66. The lowest BCUT2D eigenvalue weighted by molar-refractivity contribution is -0.386. The minimum Gasteiger partial charge on any atom is -0.318 e. The molecule has 0 heterocycles. The second-order valence-electron chi connectivity index (χ2n) is 4.51. The molecule has 9 heteroatoms. The fraction of sp³-hybridized carbons (Fsp3) is 0.500. The van der Waals surface area contributed by atoms with Crippen molar-refractivity contribution in [1.29, 1.82) is 0 Å². The van der Waals surface area contributed by atoms with Crippen molar-refractivity contribution in [3.63, 3.8) is 0 Å². The summed E-state index contributed by atoms with van der Waals surface area (Å²) < 4.78 is 26.7. The maximum atomic E-state index is 12.2. The molecule has 21 heavy (non-hydrogen) atoms. The second kappa shape index (κ2) is 7.91. The molecule has 0 radical (unpaired) electrons. The number of nitrogens with two attached hydrogens (primary N) is 1. The van der Waals surface area contributed by atoms with Crippen molar-refractivity contribution in [2.45, 2.75) is 37.5 Å². The lowest BCUT2D eigenvalue weighted by Crippen LogP contribution is -2.26. The first-order valence-electron chi connectivity index (χ1n) is 6.67. The number of nitro groups is 1. The molecule has 0 bridgehead atoms. The lowest BCUT2D eigenvalue weighted by atomic mass is 10.2. The number of nitrogen functional groups attached to an aromatic ring is 1. The third-order valence-corrected chi connectivity index (χ3v) is 4.44. The predicted octanol–water partition coefficient (Wildman–Crippen LogP) is 1.74. The highest BCUT2D eigenvalue weighted by atomic mass is 32.2. The van der Waals surface area contributed by atoms with Crippen molar-refractivity contribution in [3.05, 3.63) is 28.3 Å². The molecule has 0 aliphatic rings. The molecule has 0 fully saturated rings. The van der Waals surface area contributed by atoms with E-state index >= 15 is 0 Å². The van der Waals surface area contributed by atoms with Gasteiger partial charge in [-0.1, -0.05) is 32.3 Å². The van der Waals surface area contributed by atoms with Crippen LogP contribution < -0.4 is 16.0 Å². The molecular formula is C12H20N4O4S. The molecule has 1 aromatic carbocycles. The van der Waals surface area contributed by atoms with Crippen LogP contribution in [0.15, 0.2) is 23.1 Å². The molecule has 118 valence electrons. The highest BCUT2D eigenvalue weighted by Gasteiger charge is 2.28. The van der Waals surface area contributed by atoms with Crippen molar-refractivity contribution in [2.75, 3.05) is 12.0 Å². The topological polar surface area (TPSA) is 127 Å². The standard InChI is InChI=1S/C12H20N4O4S/c1-2-3-4-5-9-14-21(19,20)11-8-6-7-10(15-13)12(11)16(17)18/h6-8,14-15H,2-5,9,13H2,1H3. The minimum absolute atomic E-state index is 0.0474. The molecule has 1 rings (SSSR count). The molecule has 0 aromatic heterocycles. The Labute approximate surface area is 123 Å². The maximum Gasteiger partial charge on any atom is 0.313 e. The number of nitrogens with one attached hydrogen (secondary N) is 2. The largest absolute Gasteiger partial charge is 0.318 e. The Hall–Kier alpha value is -1.71. The van der Waals surface area contributed by atoms with Gasteiger partial charge in [-0.25, -0.2) is 13.1 Å². The summed E-state index contributed by atoms with van der Waals surface area (Å²) in [5.41, 5.74) is 1.54. The molecule has 0 aliphatic carbocycles. The summed E-state index contributed by atoms with van der Waals surface area (Å²) in [7, 11) is -3.94. The average molecular weight is 316 g/mol. The van der Waals surface area contributed by atoms with Gasteiger partial charge in [0.15, 0.2) is 4.90 Å². The van der Waals surface area contributed by atoms with Crippen LogP contribution >= 0.6 is 0 Å². The fourth-order valence-electron chi connectivity index (χ4n) is 1.88. The zero-order chi connectivity index (χ0) is 15.9. The Morgan fingerprint density at radius 1 is 1.29 bits per heavy atom. The van der Waals surface area contributed by atoms with Gasteiger partial charge in [-0.05, 0) is 18.6 Å². The Bertz CT molecular complexity index is 589. The van der Waals surface area contributed by atoms with Crippen LogP contribution in [-0.2, 0) is 10.0 Å². The molecule has 1 aromatic rings. The predicted molar refractivity (Wildman–Crippen MR) is 80.2 cm³/mol. The van der Waals surface area contributed by atoms with E-state index in [1.807, 2.05) is 0 Å². The van der Waals surface area contributed by atoms with Crippen LogP contribution in [0.5, 0.6) is 0 Å². The van der Waals surface area contributed by atoms with E-state index in [1.54, 1.807) is 0 Å². The molecule has 8 nitrogen and oxygen atoms in total. The number of nitro benzene ring substituents is 1. The first-order chi connectivity index (χ1) is 9.94. The highest BCUT2D eigenvalue weighted by Crippen LogP contribution is 2.31. The molecule has 0 atom stereocenters. The van der Waals surface area contributed by atoms with Crippen molar-refractivity contribution >= 4 is 21.4 Å². The van der Waals surface area contributed by atoms with Gasteiger partial charge in [-0.2, -0.15) is 0 Å². The van der Waals surface area contributed by atoms with Gasteiger partial charge in [0.25, 0.3) is 0 Å². The first-order valence-corrected chi connectivity index (χ1v) is 8.16. The van der Waals surface area contributed by atoms with Crippen LogP contribution in [0.3, 0.4) is 0 Å². The highest BCUT2D eigenvalue weighted by molar-refractivity contribution is 7.89. The molecular weight excluding hydrogens is 296 g/mol. The van der Waals surface area contributed by atoms with E-state index in [9.17, 15) is 18.5 Å². The van der Waals surface area contributed by atoms with E-state index in [-0.39, 0.29) is 12.2 Å². The second-order valence-corrected chi connectivity index (χ2v) is 6.25. The third kappa shape index (κ3) is 4.66. The van der Waals surface area contributed by atoms with E-state index in [1.165, 1.54) is 18.2 Å². The van der Waals surface area contributed by atoms with E-state index in [0.717, 1.165) is 19.3 Å². The van der Waals surface area contributed by atoms with Gasteiger partial charge >= 0.3 is 5.69 Å². The number of anilines is 1. The van der Waals surface area contributed by atoms with Gasteiger partial charge in [0, 0.05) is 6.54 Å². The van der Waals surface area contributed by atoms with Crippen LogP contribution in [0.2, 0.25) is 0 Å². The van der Waals surface area contributed by atoms with Crippen LogP contribution in [0.25, 0.3) is 0 Å². The Morgan fingerprint density at radius 2 is 2.00 bits per heavy atom. The Morgan fingerprint density at radius 3 is 2.57 bits per heavy atom. The smallest absolute Gasteiger partial charge is 0.313 e. The number of nitrogens with zero attached hydrogens (tertiary/aromatic N) is 1. The van der Waals surface area contributed by atoms with Crippen LogP contribution in [0.1, 0.15) is 32.6 Å². The SMILES string of the molecule is CCCCCCNS(=O)(=O)c1cccc(NN)c1[N+](=O)[O-]. The molecule has 0 amide bonds. The van der Waals surface area contributed by atoms with Crippen molar-refractivity contribution in [1.82, 2.24) is 4.72 Å². The molecule has 0 saturated heterocycles. The van der Waals surface area contributed by atoms with Crippen LogP contribution in [-0.4, -0.2) is 19.9 Å². The molecule has 0 spiro atoms. The van der Waals surface area contributed by atoms with Gasteiger partial charge in [-0.3, -0.25) is 16.0 Å². The fourth-order valence-corrected chi connectivity index (χ4v) is 3.15. The van der Waals surface area contributed by atoms with E-state index in [0.29, 0.717) is 6.42 Å². The number of rotatable bonds is 9. The quantitative estimate of drug-likeness (QED) is 0.275. The van der Waals surface area contributed by atoms with E-state index in [4.69, 9.17) is 5.84 Å². The number of hydrogen-bond acceptors (Lipinski definition) is 6. The number of hydrogen-bond donors (Lipinski definition) is 3. The van der Waals surface area contributed by atoms with Crippen LogP contribution in [0, 0.1) is 10.1 Å². The van der Waals surface area contributed by atoms with Gasteiger partial charge in [0.2, 0.25) is 10.0 Å². The normalized spacial score (nSPS) is 11.3. The number of unbranched alkanes of at least 4 members (excludes halogenated alkanes) is 3. The summed E-state index contributed by atoms with van der Waals surface area (Å²) >= 11 is 0. The monoisotopic (exact) mass is 316 g/mol. The summed E-state index contributed by atoms with van der Waals surface area (Å²) in [5, 5.41) is 11.1. The number of benzene rings is 1. The maximum absolute atomic E-state index is 12.2. The Balaban J connectivity index is 2.95. The van der Waals surface area contributed by atoms with Crippen molar-refractivity contribution in [2.24, 2.45) is 5.84 Å². The summed E-state index contributed by atoms with van der Waals surface area (Å²) in [5.74, 6) is 5.19. The van der Waals surface area contributed by atoms with Gasteiger partial charge in [-0.15, -0.1) is 0 Å². The molecule has 0 saturated carbocycles. The Kier molecular flexibility index (Phi) is 6.53. The third-order valence-electron chi connectivity index (χ3n) is 2.95.